The average Bonchev–Trinajstić information content (AvgIpc) is 2.60. The Hall–Kier alpha value is -2.08. The Kier molecular flexibility index (Phi) is 6.87. The molecule has 126 valence electrons. The molecular weight excluding hydrogens is 294 g/mol. The van der Waals surface area contributed by atoms with E-state index < -0.39 is 0 Å². The van der Waals surface area contributed by atoms with Gasteiger partial charge in [0, 0.05) is 38.4 Å². The third-order valence-corrected chi connectivity index (χ3v) is 3.78. The smallest absolute Gasteiger partial charge is 0.248 e. The van der Waals surface area contributed by atoms with Crippen molar-refractivity contribution in [1.82, 2.24) is 10.2 Å². The summed E-state index contributed by atoms with van der Waals surface area (Å²) in [6.45, 7) is 5.51. The zero-order valence-corrected chi connectivity index (χ0v) is 13.7. The number of hydrogen-bond acceptors (Lipinski definition) is 4. The Balaban J connectivity index is 1.66. The topological polar surface area (TPSA) is 61.9 Å². The van der Waals surface area contributed by atoms with Crippen LogP contribution in [-0.2, 0) is 14.3 Å². The monoisotopic (exact) mass is 319 g/mol. The fourth-order valence-corrected chi connectivity index (χ4v) is 2.49. The molecule has 0 unspecified atom stereocenters. The first-order valence-corrected chi connectivity index (χ1v) is 8.13. The third kappa shape index (κ3) is 5.56. The van der Waals surface area contributed by atoms with Gasteiger partial charge in [-0.05, 0) is 18.6 Å². The molecule has 1 aliphatic rings. The largest absolute Gasteiger partial charge is 0.368 e. The Morgan fingerprint density at radius 1 is 1.09 bits per heavy atom. The molecule has 1 N–H and O–H groups in total. The van der Waals surface area contributed by atoms with Crippen LogP contribution in [0.15, 0.2) is 30.3 Å². The molecule has 1 aromatic carbocycles. The van der Waals surface area contributed by atoms with Gasteiger partial charge in [0.25, 0.3) is 0 Å². The van der Waals surface area contributed by atoms with Gasteiger partial charge in [-0.25, -0.2) is 0 Å². The summed E-state index contributed by atoms with van der Waals surface area (Å²) in [7, 11) is 0. The summed E-state index contributed by atoms with van der Waals surface area (Å²) in [6.07, 6.45) is 0.885. The maximum Gasteiger partial charge on any atom is 0.248 e. The summed E-state index contributed by atoms with van der Waals surface area (Å²) < 4.78 is 5.20. The van der Waals surface area contributed by atoms with Crippen molar-refractivity contribution in [2.24, 2.45) is 0 Å². The van der Waals surface area contributed by atoms with Gasteiger partial charge in [-0.2, -0.15) is 0 Å². The van der Waals surface area contributed by atoms with E-state index in [2.05, 4.69) is 22.3 Å². The number of carbonyl (C=O) groups excluding carboxylic acids is 2. The van der Waals surface area contributed by atoms with Gasteiger partial charge in [0.15, 0.2) is 0 Å². The number of nitrogens with one attached hydrogen (secondary N) is 1. The van der Waals surface area contributed by atoms with E-state index in [-0.39, 0.29) is 25.0 Å². The first-order valence-electron chi connectivity index (χ1n) is 8.13. The Labute approximate surface area is 137 Å². The highest BCUT2D eigenvalue weighted by atomic mass is 16.5. The predicted molar refractivity (Wildman–Crippen MR) is 89.4 cm³/mol. The Morgan fingerprint density at radius 3 is 2.43 bits per heavy atom. The van der Waals surface area contributed by atoms with E-state index >= 15 is 0 Å². The quantitative estimate of drug-likeness (QED) is 0.810. The first kappa shape index (κ1) is 17.3. The number of benzene rings is 1. The van der Waals surface area contributed by atoms with Crippen molar-refractivity contribution in [3.63, 3.8) is 0 Å². The summed E-state index contributed by atoms with van der Waals surface area (Å²) in [5, 5.41) is 2.71. The van der Waals surface area contributed by atoms with Crippen LogP contribution in [0.5, 0.6) is 0 Å². The highest BCUT2D eigenvalue weighted by Gasteiger charge is 2.21. The van der Waals surface area contributed by atoms with Crippen molar-refractivity contribution in [3.05, 3.63) is 30.3 Å². The highest BCUT2D eigenvalue weighted by Crippen LogP contribution is 2.15. The molecule has 0 aromatic heterocycles. The van der Waals surface area contributed by atoms with Gasteiger partial charge >= 0.3 is 0 Å². The molecule has 2 amide bonds. The van der Waals surface area contributed by atoms with Crippen LogP contribution in [0.3, 0.4) is 0 Å². The van der Waals surface area contributed by atoms with E-state index in [4.69, 9.17) is 4.74 Å². The molecule has 6 heteroatoms. The first-order chi connectivity index (χ1) is 11.2. The van der Waals surface area contributed by atoms with Crippen molar-refractivity contribution in [3.8, 4) is 0 Å². The molecular formula is C17H25N3O3. The van der Waals surface area contributed by atoms with Crippen molar-refractivity contribution in [2.75, 3.05) is 50.8 Å². The van der Waals surface area contributed by atoms with Crippen LogP contribution < -0.4 is 10.2 Å². The van der Waals surface area contributed by atoms with E-state index in [0.29, 0.717) is 19.6 Å². The number of carbonyl (C=O) groups is 2. The zero-order chi connectivity index (χ0) is 16.5. The molecule has 0 saturated carbocycles. The number of para-hydroxylation sites is 1. The number of amides is 2. The molecule has 1 heterocycles. The Morgan fingerprint density at radius 2 is 1.78 bits per heavy atom. The van der Waals surface area contributed by atoms with Gasteiger partial charge in [-0.15, -0.1) is 0 Å². The molecule has 2 rings (SSSR count). The standard InChI is InChI=1S/C17H25N3O3/c1-2-8-18-16(21)13-23-14-17(22)20-11-9-19(10-12-20)15-6-4-3-5-7-15/h3-7H,2,8-14H2,1H3,(H,18,21). The molecule has 0 bridgehead atoms. The third-order valence-electron chi connectivity index (χ3n) is 3.78. The van der Waals surface area contributed by atoms with Crippen molar-refractivity contribution >= 4 is 17.5 Å². The zero-order valence-electron chi connectivity index (χ0n) is 13.7. The van der Waals surface area contributed by atoms with Crippen molar-refractivity contribution in [2.45, 2.75) is 13.3 Å². The highest BCUT2D eigenvalue weighted by molar-refractivity contribution is 5.79. The summed E-state index contributed by atoms with van der Waals surface area (Å²) in [5.41, 5.74) is 1.18. The van der Waals surface area contributed by atoms with Gasteiger partial charge in [-0.3, -0.25) is 9.59 Å². The summed E-state index contributed by atoms with van der Waals surface area (Å²) in [4.78, 5) is 27.5. The van der Waals surface area contributed by atoms with Gasteiger partial charge in [0.05, 0.1) is 0 Å². The molecule has 0 aliphatic carbocycles. The second-order valence-corrected chi connectivity index (χ2v) is 5.55. The van der Waals surface area contributed by atoms with Crippen LogP contribution in [0, 0.1) is 0 Å². The lowest BCUT2D eigenvalue weighted by Gasteiger charge is -2.36. The minimum Gasteiger partial charge on any atom is -0.368 e. The average molecular weight is 319 g/mol. The Bertz CT molecular complexity index is 499. The number of hydrogen-bond donors (Lipinski definition) is 1. The van der Waals surface area contributed by atoms with E-state index in [9.17, 15) is 9.59 Å². The summed E-state index contributed by atoms with van der Waals surface area (Å²) in [5.74, 6) is -0.227. The fourth-order valence-electron chi connectivity index (χ4n) is 2.49. The predicted octanol–water partition coefficient (Wildman–Crippen LogP) is 0.878. The fraction of sp³-hybridized carbons (Fsp3) is 0.529. The van der Waals surface area contributed by atoms with Gasteiger partial charge in [0.1, 0.15) is 13.2 Å². The van der Waals surface area contributed by atoms with E-state index in [1.165, 1.54) is 5.69 Å². The number of nitrogens with zero attached hydrogens (tertiary/aromatic N) is 2. The number of rotatable bonds is 7. The molecule has 1 saturated heterocycles. The van der Waals surface area contributed by atoms with Gasteiger partial charge in [0.2, 0.25) is 11.8 Å². The molecule has 1 aromatic rings. The van der Waals surface area contributed by atoms with Crippen molar-refractivity contribution < 1.29 is 14.3 Å². The normalized spacial score (nSPS) is 14.7. The van der Waals surface area contributed by atoms with E-state index in [1.807, 2.05) is 25.1 Å². The number of piperazine rings is 1. The second-order valence-electron chi connectivity index (χ2n) is 5.55. The van der Waals surface area contributed by atoms with Crippen LogP contribution in [0.1, 0.15) is 13.3 Å². The molecule has 0 atom stereocenters. The lowest BCUT2D eigenvalue weighted by atomic mass is 10.2. The van der Waals surface area contributed by atoms with Crippen molar-refractivity contribution in [1.29, 1.82) is 0 Å². The lowest BCUT2D eigenvalue weighted by Crippen LogP contribution is -2.50. The van der Waals surface area contributed by atoms with Crippen LogP contribution in [0.2, 0.25) is 0 Å². The second kappa shape index (κ2) is 9.15. The van der Waals surface area contributed by atoms with Crippen LogP contribution in [0.4, 0.5) is 5.69 Å². The number of ether oxygens (including phenoxy) is 1. The molecule has 1 aliphatic heterocycles. The van der Waals surface area contributed by atoms with Gasteiger partial charge in [-0.1, -0.05) is 25.1 Å². The number of anilines is 1. The minimum atomic E-state index is -0.173. The molecule has 0 radical (unpaired) electrons. The maximum absolute atomic E-state index is 12.1. The summed E-state index contributed by atoms with van der Waals surface area (Å²) >= 11 is 0. The molecule has 0 spiro atoms. The van der Waals surface area contributed by atoms with Crippen LogP contribution in [-0.4, -0.2) is 62.7 Å². The van der Waals surface area contributed by atoms with E-state index in [0.717, 1.165) is 19.5 Å². The summed E-state index contributed by atoms with van der Waals surface area (Å²) in [6, 6.07) is 10.2. The minimum absolute atomic E-state index is 0.0368. The van der Waals surface area contributed by atoms with Crippen LogP contribution in [0.25, 0.3) is 0 Å². The van der Waals surface area contributed by atoms with Gasteiger partial charge < -0.3 is 19.9 Å². The van der Waals surface area contributed by atoms with Crippen LogP contribution >= 0.6 is 0 Å². The molecule has 23 heavy (non-hydrogen) atoms. The molecule has 6 nitrogen and oxygen atoms in total. The molecule has 1 fully saturated rings. The van der Waals surface area contributed by atoms with E-state index in [1.54, 1.807) is 4.90 Å². The maximum atomic E-state index is 12.1. The lowest BCUT2D eigenvalue weighted by molar-refractivity contribution is -0.138. The SMILES string of the molecule is CCCNC(=O)COCC(=O)N1CCN(c2ccccc2)CC1.